The first-order chi connectivity index (χ1) is 10.3. The van der Waals surface area contributed by atoms with Crippen LogP contribution in [0.4, 0.5) is 0 Å². The van der Waals surface area contributed by atoms with Gasteiger partial charge in [-0.05, 0) is 54.8 Å². The number of nitrogens with zero attached hydrogens (tertiary/aromatic N) is 1. The zero-order valence-corrected chi connectivity index (χ0v) is 12.4. The van der Waals surface area contributed by atoms with Crippen molar-refractivity contribution >= 4 is 10.8 Å². The SMILES string of the molecule is COc1ccc2ccnc(OCC3CCCC3CN)c2c1. The maximum absolute atomic E-state index is 6.01. The number of nitrogens with two attached hydrogens (primary N) is 1. The van der Waals surface area contributed by atoms with Crippen molar-refractivity contribution < 1.29 is 9.47 Å². The van der Waals surface area contributed by atoms with Gasteiger partial charge in [0.2, 0.25) is 5.88 Å². The van der Waals surface area contributed by atoms with Crippen molar-refractivity contribution in [2.24, 2.45) is 17.6 Å². The molecule has 1 heterocycles. The second kappa shape index (κ2) is 6.31. The third-order valence-electron chi connectivity index (χ3n) is 4.49. The van der Waals surface area contributed by atoms with E-state index in [0.717, 1.165) is 23.1 Å². The highest BCUT2D eigenvalue weighted by molar-refractivity contribution is 5.87. The van der Waals surface area contributed by atoms with Gasteiger partial charge in [0.1, 0.15) is 5.75 Å². The molecule has 4 heteroatoms. The second-order valence-electron chi connectivity index (χ2n) is 5.70. The van der Waals surface area contributed by atoms with Gasteiger partial charge in [-0.2, -0.15) is 0 Å². The third-order valence-corrected chi connectivity index (χ3v) is 4.49. The molecule has 0 aliphatic heterocycles. The van der Waals surface area contributed by atoms with Gasteiger partial charge in [-0.1, -0.05) is 12.5 Å². The number of rotatable bonds is 5. The summed E-state index contributed by atoms with van der Waals surface area (Å²) in [6, 6.07) is 7.95. The summed E-state index contributed by atoms with van der Waals surface area (Å²) in [5.41, 5.74) is 5.83. The number of aromatic nitrogens is 1. The van der Waals surface area contributed by atoms with Crippen molar-refractivity contribution in [2.75, 3.05) is 20.3 Å². The topological polar surface area (TPSA) is 57.4 Å². The van der Waals surface area contributed by atoms with Crippen molar-refractivity contribution in [3.05, 3.63) is 30.5 Å². The van der Waals surface area contributed by atoms with Crippen LogP contribution < -0.4 is 15.2 Å². The Balaban J connectivity index is 1.80. The molecular weight excluding hydrogens is 264 g/mol. The lowest BCUT2D eigenvalue weighted by Crippen LogP contribution is -2.23. The molecule has 1 saturated carbocycles. The largest absolute Gasteiger partial charge is 0.497 e. The predicted octanol–water partition coefficient (Wildman–Crippen LogP) is 3.00. The molecule has 2 unspecified atom stereocenters. The number of hydrogen-bond acceptors (Lipinski definition) is 4. The molecule has 0 saturated heterocycles. The van der Waals surface area contributed by atoms with Crippen LogP contribution in [-0.2, 0) is 0 Å². The maximum Gasteiger partial charge on any atom is 0.221 e. The number of fused-ring (bicyclic) bond motifs is 1. The normalized spacial score (nSPS) is 21.6. The van der Waals surface area contributed by atoms with Gasteiger partial charge in [0, 0.05) is 11.6 Å². The monoisotopic (exact) mass is 286 g/mol. The summed E-state index contributed by atoms with van der Waals surface area (Å²) in [5.74, 6) is 2.65. The summed E-state index contributed by atoms with van der Waals surface area (Å²) in [6.45, 7) is 1.45. The molecule has 2 aromatic rings. The number of methoxy groups -OCH3 is 1. The Morgan fingerprint density at radius 1 is 1.24 bits per heavy atom. The standard InChI is InChI=1S/C17H22N2O2/c1-20-15-6-5-12-7-8-19-17(16(12)9-15)21-11-14-4-2-3-13(14)10-18/h5-9,13-14H,2-4,10-11,18H2,1H3. The molecule has 21 heavy (non-hydrogen) atoms. The number of benzene rings is 1. The highest BCUT2D eigenvalue weighted by atomic mass is 16.5. The molecule has 0 spiro atoms. The molecule has 0 radical (unpaired) electrons. The van der Waals surface area contributed by atoms with Crippen LogP contribution in [0.2, 0.25) is 0 Å². The van der Waals surface area contributed by atoms with E-state index in [9.17, 15) is 0 Å². The number of hydrogen-bond donors (Lipinski definition) is 1. The summed E-state index contributed by atoms with van der Waals surface area (Å²) in [4.78, 5) is 4.39. The molecule has 4 nitrogen and oxygen atoms in total. The molecule has 0 bridgehead atoms. The fourth-order valence-electron chi connectivity index (χ4n) is 3.19. The Morgan fingerprint density at radius 2 is 2.10 bits per heavy atom. The Labute approximate surface area is 125 Å². The van der Waals surface area contributed by atoms with Crippen LogP contribution in [-0.4, -0.2) is 25.2 Å². The van der Waals surface area contributed by atoms with E-state index < -0.39 is 0 Å². The zero-order valence-electron chi connectivity index (χ0n) is 12.4. The van der Waals surface area contributed by atoms with Gasteiger partial charge in [-0.25, -0.2) is 4.98 Å². The molecule has 0 amide bonds. The fraction of sp³-hybridized carbons (Fsp3) is 0.471. The first-order valence-corrected chi connectivity index (χ1v) is 7.57. The van der Waals surface area contributed by atoms with E-state index in [2.05, 4.69) is 4.98 Å². The van der Waals surface area contributed by atoms with E-state index in [1.54, 1.807) is 13.3 Å². The lowest BCUT2D eigenvalue weighted by atomic mass is 9.97. The second-order valence-corrected chi connectivity index (χ2v) is 5.70. The lowest BCUT2D eigenvalue weighted by Gasteiger charge is -2.18. The van der Waals surface area contributed by atoms with Crippen molar-refractivity contribution in [2.45, 2.75) is 19.3 Å². The van der Waals surface area contributed by atoms with Gasteiger partial charge >= 0.3 is 0 Å². The molecule has 112 valence electrons. The van der Waals surface area contributed by atoms with Crippen LogP contribution in [0.1, 0.15) is 19.3 Å². The molecular formula is C17H22N2O2. The van der Waals surface area contributed by atoms with Crippen molar-refractivity contribution in [3.8, 4) is 11.6 Å². The summed E-state index contributed by atoms with van der Waals surface area (Å²) in [7, 11) is 1.67. The minimum atomic E-state index is 0.553. The summed E-state index contributed by atoms with van der Waals surface area (Å²) in [5, 5.41) is 2.11. The summed E-state index contributed by atoms with van der Waals surface area (Å²) >= 11 is 0. The van der Waals surface area contributed by atoms with E-state index in [0.29, 0.717) is 24.3 Å². The van der Waals surface area contributed by atoms with Crippen LogP contribution in [0.25, 0.3) is 10.8 Å². The maximum atomic E-state index is 6.01. The Hall–Kier alpha value is -1.81. The van der Waals surface area contributed by atoms with Gasteiger partial charge in [-0.15, -0.1) is 0 Å². The molecule has 1 aliphatic carbocycles. The molecule has 1 aliphatic rings. The van der Waals surface area contributed by atoms with E-state index in [4.69, 9.17) is 15.2 Å². The van der Waals surface area contributed by atoms with Crippen LogP contribution >= 0.6 is 0 Å². The van der Waals surface area contributed by atoms with Crippen LogP contribution in [0.15, 0.2) is 30.5 Å². The van der Waals surface area contributed by atoms with Crippen LogP contribution in [0.3, 0.4) is 0 Å². The molecule has 3 rings (SSSR count). The van der Waals surface area contributed by atoms with E-state index in [1.165, 1.54) is 19.3 Å². The Kier molecular flexibility index (Phi) is 4.25. The van der Waals surface area contributed by atoms with Crippen molar-refractivity contribution in [1.82, 2.24) is 4.98 Å². The average molecular weight is 286 g/mol. The molecule has 1 aromatic heterocycles. The molecule has 1 fully saturated rings. The van der Waals surface area contributed by atoms with Gasteiger partial charge in [0.15, 0.2) is 0 Å². The minimum absolute atomic E-state index is 0.553. The zero-order chi connectivity index (χ0) is 14.7. The number of ether oxygens (including phenoxy) is 2. The molecule has 2 atom stereocenters. The highest BCUT2D eigenvalue weighted by Gasteiger charge is 2.26. The van der Waals surface area contributed by atoms with Gasteiger partial charge in [0.25, 0.3) is 0 Å². The predicted molar refractivity (Wildman–Crippen MR) is 83.7 cm³/mol. The fourth-order valence-corrected chi connectivity index (χ4v) is 3.19. The van der Waals surface area contributed by atoms with Gasteiger partial charge in [0.05, 0.1) is 13.7 Å². The van der Waals surface area contributed by atoms with E-state index >= 15 is 0 Å². The third kappa shape index (κ3) is 2.95. The summed E-state index contributed by atoms with van der Waals surface area (Å²) in [6.07, 6.45) is 5.48. The minimum Gasteiger partial charge on any atom is -0.497 e. The van der Waals surface area contributed by atoms with Crippen LogP contribution in [0, 0.1) is 11.8 Å². The van der Waals surface area contributed by atoms with Gasteiger partial charge in [-0.3, -0.25) is 0 Å². The Morgan fingerprint density at radius 3 is 2.90 bits per heavy atom. The molecule has 1 aromatic carbocycles. The Bertz CT molecular complexity index is 615. The summed E-state index contributed by atoms with van der Waals surface area (Å²) < 4.78 is 11.3. The first-order valence-electron chi connectivity index (χ1n) is 7.57. The number of pyridine rings is 1. The molecule has 2 N–H and O–H groups in total. The van der Waals surface area contributed by atoms with E-state index in [-0.39, 0.29) is 0 Å². The van der Waals surface area contributed by atoms with Gasteiger partial charge < -0.3 is 15.2 Å². The van der Waals surface area contributed by atoms with Crippen LogP contribution in [0.5, 0.6) is 11.6 Å². The van der Waals surface area contributed by atoms with Crippen molar-refractivity contribution in [1.29, 1.82) is 0 Å². The average Bonchev–Trinajstić information content (AvgIpc) is 2.99. The lowest BCUT2D eigenvalue weighted by molar-refractivity contribution is 0.212. The van der Waals surface area contributed by atoms with E-state index in [1.807, 2.05) is 24.3 Å². The first kappa shape index (κ1) is 14.1. The highest BCUT2D eigenvalue weighted by Crippen LogP contribution is 2.33. The quantitative estimate of drug-likeness (QED) is 0.918. The smallest absolute Gasteiger partial charge is 0.221 e. The van der Waals surface area contributed by atoms with Crippen molar-refractivity contribution in [3.63, 3.8) is 0 Å².